The van der Waals surface area contributed by atoms with E-state index in [1.54, 1.807) is 17.5 Å². The number of fused-ring (bicyclic) bond motifs is 1. The van der Waals surface area contributed by atoms with Crippen molar-refractivity contribution in [2.45, 2.75) is 49.4 Å². The molecule has 3 aromatic rings. The molecule has 1 aliphatic carbocycles. The molecule has 1 unspecified atom stereocenters. The molecule has 0 bridgehead atoms. The summed E-state index contributed by atoms with van der Waals surface area (Å²) < 4.78 is 0. The summed E-state index contributed by atoms with van der Waals surface area (Å²) in [5, 5.41) is 12.3. The molecular formula is C20H21N5OS2. The molecule has 6 nitrogen and oxygen atoms in total. The molecule has 0 spiro atoms. The van der Waals surface area contributed by atoms with E-state index < -0.39 is 0 Å². The molecule has 0 fully saturated rings. The van der Waals surface area contributed by atoms with Gasteiger partial charge in [0.05, 0.1) is 17.1 Å². The number of nitrogens with zero attached hydrogens (tertiary/aromatic N) is 4. The lowest BCUT2D eigenvalue weighted by Crippen LogP contribution is -2.24. The number of anilines is 1. The van der Waals surface area contributed by atoms with E-state index in [4.69, 9.17) is 0 Å². The van der Waals surface area contributed by atoms with Gasteiger partial charge in [0, 0.05) is 10.4 Å². The zero-order valence-corrected chi connectivity index (χ0v) is 17.2. The third kappa shape index (κ3) is 4.39. The van der Waals surface area contributed by atoms with Crippen LogP contribution >= 0.6 is 23.1 Å². The Morgan fingerprint density at radius 3 is 2.75 bits per heavy atom. The summed E-state index contributed by atoms with van der Waals surface area (Å²) in [6.07, 6.45) is 6.85. The maximum Gasteiger partial charge on any atom is 0.239 e. The number of thiazole rings is 1. The Morgan fingerprint density at radius 1 is 1.21 bits per heavy atom. The first-order valence-corrected chi connectivity index (χ1v) is 11.1. The predicted molar refractivity (Wildman–Crippen MR) is 113 cm³/mol. The van der Waals surface area contributed by atoms with Crippen molar-refractivity contribution in [2.75, 3.05) is 5.32 Å². The van der Waals surface area contributed by atoms with Crippen LogP contribution in [0.1, 0.15) is 36.8 Å². The van der Waals surface area contributed by atoms with Crippen LogP contribution in [0.25, 0.3) is 11.3 Å². The Bertz CT molecular complexity index is 919. The molecule has 0 saturated carbocycles. The van der Waals surface area contributed by atoms with Crippen LogP contribution in [-0.2, 0) is 17.6 Å². The van der Waals surface area contributed by atoms with Crippen molar-refractivity contribution < 1.29 is 4.79 Å². The number of nitrogens with one attached hydrogen (secondary N) is 1. The lowest BCUT2D eigenvalue weighted by Gasteiger charge is -2.12. The predicted octanol–water partition coefficient (Wildman–Crippen LogP) is 4.38. The molecular weight excluding hydrogens is 390 g/mol. The number of carbonyl (C=O) groups excluding carboxylic acids is 1. The van der Waals surface area contributed by atoms with Crippen molar-refractivity contribution in [3.63, 3.8) is 0 Å². The molecule has 1 aromatic carbocycles. The molecule has 8 heteroatoms. The average molecular weight is 412 g/mol. The van der Waals surface area contributed by atoms with Gasteiger partial charge in [-0.3, -0.25) is 4.79 Å². The van der Waals surface area contributed by atoms with Crippen LogP contribution in [0.3, 0.4) is 0 Å². The highest BCUT2D eigenvalue weighted by molar-refractivity contribution is 8.00. The van der Waals surface area contributed by atoms with Gasteiger partial charge in [0.15, 0.2) is 5.13 Å². The van der Waals surface area contributed by atoms with Crippen molar-refractivity contribution in [1.29, 1.82) is 0 Å². The number of aromatic nitrogens is 4. The van der Waals surface area contributed by atoms with Crippen LogP contribution in [0.5, 0.6) is 0 Å². The molecule has 2 aromatic heterocycles. The molecule has 0 radical (unpaired) electrons. The van der Waals surface area contributed by atoms with Gasteiger partial charge in [0.1, 0.15) is 5.69 Å². The summed E-state index contributed by atoms with van der Waals surface area (Å²) >= 11 is 2.94. The van der Waals surface area contributed by atoms with Crippen LogP contribution in [0, 0.1) is 0 Å². The number of benzene rings is 1. The van der Waals surface area contributed by atoms with Crippen molar-refractivity contribution in [2.24, 2.45) is 0 Å². The number of aryl methyl sites for hydroxylation is 2. The maximum absolute atomic E-state index is 12.7. The lowest BCUT2D eigenvalue weighted by molar-refractivity contribution is -0.115. The number of hydrogen-bond donors (Lipinski definition) is 1. The minimum absolute atomic E-state index is 0.0608. The molecule has 1 amide bonds. The number of carbonyl (C=O) groups is 1. The third-order valence-corrected chi connectivity index (χ3v) is 6.90. The third-order valence-electron chi connectivity index (χ3n) is 4.60. The van der Waals surface area contributed by atoms with Gasteiger partial charge in [0.25, 0.3) is 0 Å². The Balaban J connectivity index is 1.41. The summed E-state index contributed by atoms with van der Waals surface area (Å²) in [6.45, 7) is 1.98. The Labute approximate surface area is 172 Å². The Hall–Kier alpha value is -2.32. The van der Waals surface area contributed by atoms with E-state index in [1.807, 2.05) is 37.3 Å². The average Bonchev–Trinajstić information content (AvgIpc) is 3.15. The van der Waals surface area contributed by atoms with Crippen molar-refractivity contribution >= 4 is 34.1 Å². The fourth-order valence-corrected chi connectivity index (χ4v) is 4.94. The normalized spacial score (nSPS) is 14.3. The van der Waals surface area contributed by atoms with E-state index in [0.717, 1.165) is 29.8 Å². The van der Waals surface area contributed by atoms with Gasteiger partial charge in [-0.25, -0.2) is 9.97 Å². The molecule has 0 aliphatic heterocycles. The largest absolute Gasteiger partial charge is 0.301 e. The summed E-state index contributed by atoms with van der Waals surface area (Å²) in [4.78, 5) is 23.0. The van der Waals surface area contributed by atoms with Crippen LogP contribution < -0.4 is 5.32 Å². The van der Waals surface area contributed by atoms with E-state index in [0.29, 0.717) is 16.7 Å². The van der Waals surface area contributed by atoms with Crippen molar-refractivity contribution in [3.8, 4) is 11.3 Å². The fraction of sp³-hybridized carbons (Fsp3) is 0.350. The van der Waals surface area contributed by atoms with Gasteiger partial charge in [-0.2, -0.15) is 0 Å². The number of rotatable bonds is 6. The van der Waals surface area contributed by atoms with Gasteiger partial charge < -0.3 is 5.32 Å². The Morgan fingerprint density at radius 2 is 2.04 bits per heavy atom. The highest BCUT2D eigenvalue weighted by atomic mass is 32.2. The Kier molecular flexibility index (Phi) is 5.97. The van der Waals surface area contributed by atoms with E-state index >= 15 is 0 Å². The molecule has 144 valence electrons. The number of thioether (sulfide) groups is 1. The van der Waals surface area contributed by atoms with Crippen LogP contribution in [0.4, 0.5) is 5.13 Å². The standard InChI is InChI=1S/C20H21N5OS2/c1-2-16(18(26)23-20-22-14-10-6-7-11-17(14)28-20)27-19-21-12-15(24-25-19)13-8-4-3-5-9-13/h3-5,8-9,12,16H,2,6-7,10-11H2,1H3,(H,22,23,26). The quantitative estimate of drug-likeness (QED) is 0.606. The summed E-state index contributed by atoms with van der Waals surface area (Å²) in [7, 11) is 0. The zero-order valence-electron chi connectivity index (χ0n) is 15.6. The number of amides is 1. The zero-order chi connectivity index (χ0) is 19.3. The van der Waals surface area contributed by atoms with Gasteiger partial charge in [-0.1, -0.05) is 49.0 Å². The second-order valence-corrected chi connectivity index (χ2v) is 8.85. The van der Waals surface area contributed by atoms with Gasteiger partial charge in [0.2, 0.25) is 11.1 Å². The smallest absolute Gasteiger partial charge is 0.239 e. The first kappa shape index (κ1) is 19.0. The van der Waals surface area contributed by atoms with E-state index in [-0.39, 0.29) is 11.2 Å². The monoisotopic (exact) mass is 411 g/mol. The van der Waals surface area contributed by atoms with Gasteiger partial charge >= 0.3 is 0 Å². The van der Waals surface area contributed by atoms with E-state index in [2.05, 4.69) is 25.5 Å². The van der Waals surface area contributed by atoms with E-state index in [1.165, 1.54) is 29.5 Å². The highest BCUT2D eigenvalue weighted by Crippen LogP contribution is 2.30. The van der Waals surface area contributed by atoms with Crippen LogP contribution in [-0.4, -0.2) is 31.3 Å². The molecule has 2 heterocycles. The second-order valence-electron chi connectivity index (χ2n) is 6.59. The minimum atomic E-state index is -0.287. The SMILES string of the molecule is CCC(Sc1ncc(-c2ccccc2)nn1)C(=O)Nc1nc2c(s1)CCCC2. The topological polar surface area (TPSA) is 80.7 Å². The van der Waals surface area contributed by atoms with Crippen molar-refractivity contribution in [3.05, 3.63) is 47.1 Å². The molecule has 4 rings (SSSR count). The minimum Gasteiger partial charge on any atom is -0.301 e. The molecule has 28 heavy (non-hydrogen) atoms. The van der Waals surface area contributed by atoms with Crippen LogP contribution in [0.2, 0.25) is 0 Å². The van der Waals surface area contributed by atoms with E-state index in [9.17, 15) is 4.79 Å². The molecule has 1 aliphatic rings. The van der Waals surface area contributed by atoms with Gasteiger partial charge in [-0.05, 0) is 32.1 Å². The number of hydrogen-bond acceptors (Lipinski definition) is 7. The van der Waals surface area contributed by atoms with Gasteiger partial charge in [-0.15, -0.1) is 21.5 Å². The molecule has 1 N–H and O–H groups in total. The second kappa shape index (κ2) is 8.79. The molecule has 1 atom stereocenters. The van der Waals surface area contributed by atoms with Crippen molar-refractivity contribution in [1.82, 2.24) is 20.2 Å². The first-order chi connectivity index (χ1) is 13.7. The first-order valence-electron chi connectivity index (χ1n) is 9.44. The highest BCUT2D eigenvalue weighted by Gasteiger charge is 2.22. The fourth-order valence-electron chi connectivity index (χ4n) is 3.10. The maximum atomic E-state index is 12.7. The lowest BCUT2D eigenvalue weighted by atomic mass is 10.0. The summed E-state index contributed by atoms with van der Waals surface area (Å²) in [5.74, 6) is -0.0608. The molecule has 0 saturated heterocycles. The van der Waals surface area contributed by atoms with Crippen LogP contribution in [0.15, 0.2) is 41.7 Å². The summed E-state index contributed by atoms with van der Waals surface area (Å²) in [6, 6.07) is 9.79. The summed E-state index contributed by atoms with van der Waals surface area (Å²) in [5.41, 5.74) is 2.84.